The average molecular weight is 295 g/mol. The Hall–Kier alpha value is -2.11. The summed E-state index contributed by atoms with van der Waals surface area (Å²) in [6.07, 6.45) is 0.242. The van der Waals surface area contributed by atoms with Gasteiger partial charge in [0.2, 0.25) is 0 Å². The van der Waals surface area contributed by atoms with Crippen molar-refractivity contribution in [1.29, 1.82) is 0 Å². The number of piperidine rings is 1. The second-order valence-corrected chi connectivity index (χ2v) is 5.15. The van der Waals surface area contributed by atoms with Gasteiger partial charge in [-0.25, -0.2) is 4.39 Å². The maximum Gasteiger partial charge on any atom is 0.306 e. The predicted molar refractivity (Wildman–Crippen MR) is 73.4 cm³/mol. The quantitative estimate of drug-likeness (QED) is 0.921. The number of likely N-dealkylation sites (tertiary alicyclic amines) is 1. The third-order valence-electron chi connectivity index (χ3n) is 3.63. The molecule has 0 aromatic heterocycles. The molecule has 1 heterocycles. The molecule has 1 N–H and O–H groups in total. The van der Waals surface area contributed by atoms with Gasteiger partial charge < -0.3 is 14.7 Å². The lowest BCUT2D eigenvalue weighted by Crippen LogP contribution is -2.45. The molecule has 5 nitrogen and oxygen atoms in total. The highest BCUT2D eigenvalue weighted by atomic mass is 19.1. The molecule has 6 heteroatoms. The smallest absolute Gasteiger partial charge is 0.306 e. The van der Waals surface area contributed by atoms with Crippen molar-refractivity contribution in [3.05, 3.63) is 30.1 Å². The van der Waals surface area contributed by atoms with Crippen LogP contribution in [0.3, 0.4) is 0 Å². The van der Waals surface area contributed by atoms with Crippen molar-refractivity contribution < 1.29 is 23.8 Å². The van der Waals surface area contributed by atoms with Gasteiger partial charge in [-0.2, -0.15) is 0 Å². The summed E-state index contributed by atoms with van der Waals surface area (Å²) >= 11 is 0. The van der Waals surface area contributed by atoms with E-state index in [0.29, 0.717) is 31.7 Å². The molecule has 1 aromatic carbocycles. The molecule has 0 bridgehead atoms. The van der Waals surface area contributed by atoms with E-state index in [9.17, 15) is 14.0 Å². The van der Waals surface area contributed by atoms with Gasteiger partial charge >= 0.3 is 5.97 Å². The first-order valence-corrected chi connectivity index (χ1v) is 6.91. The normalized spacial score (nSPS) is 17.3. The summed E-state index contributed by atoms with van der Waals surface area (Å²) in [4.78, 5) is 24.7. The Labute approximate surface area is 122 Å². The maximum absolute atomic E-state index is 12.8. The summed E-state index contributed by atoms with van der Waals surface area (Å²) < 4.78 is 18.3. The Morgan fingerprint density at radius 3 is 2.38 bits per heavy atom. The molecule has 1 aromatic rings. The van der Waals surface area contributed by atoms with Gasteiger partial charge in [0.25, 0.3) is 5.91 Å². The van der Waals surface area contributed by atoms with E-state index in [2.05, 4.69) is 0 Å². The molecule has 0 radical (unpaired) electrons. The Morgan fingerprint density at radius 2 is 1.86 bits per heavy atom. The molecule has 21 heavy (non-hydrogen) atoms. The minimum absolute atomic E-state index is 0.178. The van der Waals surface area contributed by atoms with Crippen LogP contribution in [0.15, 0.2) is 24.3 Å². The van der Waals surface area contributed by atoms with Crippen molar-refractivity contribution >= 4 is 11.9 Å². The molecule has 2 rings (SSSR count). The Bertz CT molecular complexity index is 509. The number of aliphatic carboxylic acids is 1. The molecular formula is C15H18FNO4. The van der Waals surface area contributed by atoms with Crippen LogP contribution in [0.1, 0.15) is 19.8 Å². The number of carbonyl (C=O) groups excluding carboxylic acids is 1. The number of carbonyl (C=O) groups is 2. The van der Waals surface area contributed by atoms with Crippen LogP contribution in [0.4, 0.5) is 4.39 Å². The lowest BCUT2D eigenvalue weighted by Gasteiger charge is -2.32. The van der Waals surface area contributed by atoms with Gasteiger partial charge in [-0.3, -0.25) is 9.59 Å². The number of benzene rings is 1. The lowest BCUT2D eigenvalue weighted by molar-refractivity contribution is -0.147. The van der Waals surface area contributed by atoms with E-state index >= 15 is 0 Å². The number of hydrogen-bond donors (Lipinski definition) is 1. The van der Waals surface area contributed by atoms with E-state index in [0.717, 1.165) is 0 Å². The van der Waals surface area contributed by atoms with Crippen LogP contribution in [0, 0.1) is 11.7 Å². The van der Waals surface area contributed by atoms with Gasteiger partial charge in [0.15, 0.2) is 6.10 Å². The van der Waals surface area contributed by atoms with E-state index in [4.69, 9.17) is 9.84 Å². The highest BCUT2D eigenvalue weighted by Crippen LogP contribution is 2.19. The van der Waals surface area contributed by atoms with Crippen LogP contribution < -0.4 is 4.74 Å². The number of amides is 1. The van der Waals surface area contributed by atoms with Crippen molar-refractivity contribution in [2.24, 2.45) is 5.92 Å². The van der Waals surface area contributed by atoms with Crippen LogP contribution in [0.5, 0.6) is 5.75 Å². The topological polar surface area (TPSA) is 66.8 Å². The summed E-state index contributed by atoms with van der Waals surface area (Å²) in [5, 5.41) is 8.93. The monoisotopic (exact) mass is 295 g/mol. The van der Waals surface area contributed by atoms with Gasteiger partial charge in [-0.15, -0.1) is 0 Å². The van der Waals surface area contributed by atoms with E-state index in [1.807, 2.05) is 0 Å². The molecule has 1 amide bonds. The SMILES string of the molecule is C[C@@H](Oc1ccc(F)cc1)C(=O)N1CCC(C(=O)O)CC1. The Balaban J connectivity index is 1.88. The third kappa shape index (κ3) is 3.93. The van der Waals surface area contributed by atoms with Crippen LogP contribution >= 0.6 is 0 Å². The van der Waals surface area contributed by atoms with Crippen molar-refractivity contribution in [3.8, 4) is 5.75 Å². The van der Waals surface area contributed by atoms with Crippen LogP contribution in [0.25, 0.3) is 0 Å². The molecule has 1 fully saturated rings. The summed E-state index contributed by atoms with van der Waals surface area (Å²) in [6.45, 7) is 2.48. The zero-order valence-corrected chi connectivity index (χ0v) is 11.8. The van der Waals surface area contributed by atoms with Gasteiger partial charge in [-0.05, 0) is 44.0 Å². The third-order valence-corrected chi connectivity index (χ3v) is 3.63. The van der Waals surface area contributed by atoms with E-state index in [-0.39, 0.29) is 17.6 Å². The molecule has 1 aliphatic rings. The molecule has 1 aliphatic heterocycles. The molecule has 0 spiro atoms. The van der Waals surface area contributed by atoms with Crippen LogP contribution in [-0.4, -0.2) is 41.1 Å². The number of carboxylic acid groups (broad SMARTS) is 1. The second kappa shape index (κ2) is 6.56. The van der Waals surface area contributed by atoms with Gasteiger partial charge in [-0.1, -0.05) is 0 Å². The van der Waals surface area contributed by atoms with E-state index < -0.39 is 12.1 Å². The van der Waals surface area contributed by atoms with Crippen LogP contribution in [-0.2, 0) is 9.59 Å². The lowest BCUT2D eigenvalue weighted by atomic mass is 9.97. The molecule has 0 aliphatic carbocycles. The van der Waals surface area contributed by atoms with Crippen LogP contribution in [0.2, 0.25) is 0 Å². The molecule has 0 saturated carbocycles. The number of rotatable bonds is 4. The number of nitrogens with zero attached hydrogens (tertiary/aromatic N) is 1. The van der Waals surface area contributed by atoms with Crippen molar-refractivity contribution in [1.82, 2.24) is 4.90 Å². The Morgan fingerprint density at radius 1 is 1.29 bits per heavy atom. The van der Waals surface area contributed by atoms with E-state index in [1.165, 1.54) is 24.3 Å². The summed E-state index contributed by atoms with van der Waals surface area (Å²) in [5.41, 5.74) is 0. The minimum atomic E-state index is -0.808. The zero-order valence-electron chi connectivity index (χ0n) is 11.8. The molecule has 1 saturated heterocycles. The Kier molecular flexibility index (Phi) is 4.77. The largest absolute Gasteiger partial charge is 0.481 e. The number of carboxylic acids is 1. The first-order valence-electron chi connectivity index (χ1n) is 6.91. The number of halogens is 1. The highest BCUT2D eigenvalue weighted by molar-refractivity contribution is 5.81. The number of ether oxygens (including phenoxy) is 1. The van der Waals surface area contributed by atoms with Crippen molar-refractivity contribution in [3.63, 3.8) is 0 Å². The standard InChI is InChI=1S/C15H18FNO4/c1-10(21-13-4-2-12(16)3-5-13)14(18)17-8-6-11(7-9-17)15(19)20/h2-5,10-11H,6-9H2,1H3,(H,19,20)/t10-/m1/s1. The van der Waals surface area contributed by atoms with Crippen molar-refractivity contribution in [2.45, 2.75) is 25.9 Å². The fraction of sp³-hybridized carbons (Fsp3) is 0.467. The molecule has 114 valence electrons. The zero-order chi connectivity index (χ0) is 15.4. The fourth-order valence-corrected chi connectivity index (χ4v) is 2.37. The molecule has 0 unspecified atom stereocenters. The van der Waals surface area contributed by atoms with E-state index in [1.54, 1.807) is 11.8 Å². The molecular weight excluding hydrogens is 277 g/mol. The minimum Gasteiger partial charge on any atom is -0.481 e. The summed E-state index contributed by atoms with van der Waals surface area (Å²) in [5.74, 6) is -1.29. The molecule has 1 atom stereocenters. The van der Waals surface area contributed by atoms with Gasteiger partial charge in [0.1, 0.15) is 11.6 Å². The second-order valence-electron chi connectivity index (χ2n) is 5.15. The first kappa shape index (κ1) is 15.3. The van der Waals surface area contributed by atoms with Gasteiger partial charge in [0, 0.05) is 13.1 Å². The highest BCUT2D eigenvalue weighted by Gasteiger charge is 2.29. The van der Waals surface area contributed by atoms with Crippen molar-refractivity contribution in [2.75, 3.05) is 13.1 Å². The number of hydrogen-bond acceptors (Lipinski definition) is 3. The average Bonchev–Trinajstić information content (AvgIpc) is 2.49. The fourth-order valence-electron chi connectivity index (χ4n) is 2.37. The first-order chi connectivity index (χ1) is 9.97. The maximum atomic E-state index is 12.8. The predicted octanol–water partition coefficient (Wildman–Crippen LogP) is 1.92. The van der Waals surface area contributed by atoms with Gasteiger partial charge in [0.05, 0.1) is 5.92 Å². The summed E-state index contributed by atoms with van der Waals surface area (Å²) in [7, 11) is 0. The summed E-state index contributed by atoms with van der Waals surface area (Å²) in [6, 6.07) is 5.47.